The average Bonchev–Trinajstić information content (AvgIpc) is 2.32. The molecule has 0 aliphatic rings. The van der Waals surface area contributed by atoms with Crippen molar-refractivity contribution in [1.29, 1.82) is 0 Å². The Morgan fingerprint density at radius 2 is 1.76 bits per heavy atom. The first kappa shape index (κ1) is 16.9. The molecule has 0 N–H and O–H groups in total. The van der Waals surface area contributed by atoms with Gasteiger partial charge in [0.05, 0.1) is 6.61 Å². The maximum Gasteiger partial charge on any atom is 0.305 e. The van der Waals surface area contributed by atoms with Gasteiger partial charge in [0, 0.05) is 11.8 Å². The maximum atomic E-state index is 12.8. The van der Waals surface area contributed by atoms with E-state index in [0.29, 0.717) is 24.8 Å². The van der Waals surface area contributed by atoms with E-state index in [1.807, 2.05) is 6.92 Å². The zero-order valence-corrected chi connectivity index (χ0v) is 12.3. The maximum absolute atomic E-state index is 12.8. The molecule has 4 heteroatoms. The second-order valence-corrected chi connectivity index (χ2v) is 4.86. The first-order valence-electron chi connectivity index (χ1n) is 6.56. The Hall–Kier alpha value is -0.120. The number of esters is 1. The van der Waals surface area contributed by atoms with Crippen molar-refractivity contribution in [2.24, 2.45) is 0 Å². The van der Waals surface area contributed by atoms with Gasteiger partial charge in [-0.3, -0.25) is 4.79 Å². The SMILES string of the molecule is CCOC(=O)CCCCCCCCC(F)CBr. The smallest absolute Gasteiger partial charge is 0.305 e. The average molecular weight is 311 g/mol. The molecule has 0 saturated heterocycles. The molecule has 1 atom stereocenters. The van der Waals surface area contributed by atoms with Gasteiger partial charge in [-0.15, -0.1) is 0 Å². The predicted molar refractivity (Wildman–Crippen MR) is 72.3 cm³/mol. The molecule has 17 heavy (non-hydrogen) atoms. The Balaban J connectivity index is 3.11. The number of ether oxygens (including phenoxy) is 1. The fourth-order valence-electron chi connectivity index (χ4n) is 1.65. The Labute approximate surface area is 112 Å². The Bertz CT molecular complexity index is 188. The van der Waals surface area contributed by atoms with Crippen molar-refractivity contribution in [1.82, 2.24) is 0 Å². The van der Waals surface area contributed by atoms with Gasteiger partial charge in [0.2, 0.25) is 0 Å². The fraction of sp³-hybridized carbons (Fsp3) is 0.923. The van der Waals surface area contributed by atoms with Gasteiger partial charge in [-0.25, -0.2) is 4.39 Å². The van der Waals surface area contributed by atoms with Crippen LogP contribution in [0.25, 0.3) is 0 Å². The molecule has 0 aliphatic carbocycles. The van der Waals surface area contributed by atoms with Crippen LogP contribution in [0.15, 0.2) is 0 Å². The number of rotatable bonds is 11. The van der Waals surface area contributed by atoms with Crippen molar-refractivity contribution in [2.75, 3.05) is 11.9 Å². The molecule has 0 saturated carbocycles. The molecule has 0 amide bonds. The summed E-state index contributed by atoms with van der Waals surface area (Å²) in [6.45, 7) is 2.29. The molecular weight excluding hydrogens is 287 g/mol. The van der Waals surface area contributed by atoms with Crippen LogP contribution in [0.1, 0.15) is 58.3 Å². The summed E-state index contributed by atoms with van der Waals surface area (Å²) in [5.41, 5.74) is 0. The fourth-order valence-corrected chi connectivity index (χ4v) is 1.98. The lowest BCUT2D eigenvalue weighted by Gasteiger charge is -2.04. The van der Waals surface area contributed by atoms with Crippen LogP contribution in [0, 0.1) is 0 Å². The van der Waals surface area contributed by atoms with Gasteiger partial charge in [-0.1, -0.05) is 48.0 Å². The van der Waals surface area contributed by atoms with Crippen molar-refractivity contribution in [3.8, 4) is 0 Å². The van der Waals surface area contributed by atoms with Crippen molar-refractivity contribution in [2.45, 2.75) is 64.5 Å². The third kappa shape index (κ3) is 12.1. The summed E-state index contributed by atoms with van der Waals surface area (Å²) in [5, 5.41) is 0.451. The first-order chi connectivity index (χ1) is 8.20. The van der Waals surface area contributed by atoms with Crippen LogP contribution >= 0.6 is 15.9 Å². The van der Waals surface area contributed by atoms with Gasteiger partial charge in [0.25, 0.3) is 0 Å². The molecule has 0 radical (unpaired) electrons. The number of halogens is 2. The van der Waals surface area contributed by atoms with Gasteiger partial charge < -0.3 is 4.74 Å². The summed E-state index contributed by atoms with van der Waals surface area (Å²) >= 11 is 3.13. The van der Waals surface area contributed by atoms with E-state index in [4.69, 9.17) is 4.74 Å². The molecule has 102 valence electrons. The van der Waals surface area contributed by atoms with Gasteiger partial charge in [-0.05, 0) is 19.8 Å². The van der Waals surface area contributed by atoms with Crippen LogP contribution in [-0.4, -0.2) is 24.1 Å². The highest BCUT2D eigenvalue weighted by molar-refractivity contribution is 9.09. The Kier molecular flexibility index (Phi) is 12.3. The van der Waals surface area contributed by atoms with E-state index in [1.54, 1.807) is 0 Å². The van der Waals surface area contributed by atoms with E-state index in [9.17, 15) is 9.18 Å². The highest BCUT2D eigenvalue weighted by Gasteiger charge is 2.03. The summed E-state index contributed by atoms with van der Waals surface area (Å²) in [7, 11) is 0. The molecule has 2 nitrogen and oxygen atoms in total. The number of carbonyl (C=O) groups excluding carboxylic acids is 1. The topological polar surface area (TPSA) is 26.3 Å². The molecule has 0 bridgehead atoms. The van der Waals surface area contributed by atoms with Gasteiger partial charge in [-0.2, -0.15) is 0 Å². The van der Waals surface area contributed by atoms with Crippen molar-refractivity contribution in [3.63, 3.8) is 0 Å². The lowest BCUT2D eigenvalue weighted by molar-refractivity contribution is -0.143. The molecule has 0 aromatic carbocycles. The molecule has 0 fully saturated rings. The second-order valence-electron chi connectivity index (χ2n) is 4.22. The molecule has 0 spiro atoms. The molecule has 0 heterocycles. The van der Waals surface area contributed by atoms with E-state index in [1.165, 1.54) is 0 Å². The number of carbonyl (C=O) groups is 1. The number of hydrogen-bond acceptors (Lipinski definition) is 2. The van der Waals surface area contributed by atoms with E-state index in [0.717, 1.165) is 38.5 Å². The lowest BCUT2D eigenvalue weighted by atomic mass is 10.1. The van der Waals surface area contributed by atoms with E-state index < -0.39 is 6.17 Å². The lowest BCUT2D eigenvalue weighted by Crippen LogP contribution is -2.03. The highest BCUT2D eigenvalue weighted by Crippen LogP contribution is 2.12. The highest BCUT2D eigenvalue weighted by atomic mass is 79.9. The molecule has 0 aliphatic heterocycles. The van der Waals surface area contributed by atoms with E-state index >= 15 is 0 Å². The second kappa shape index (κ2) is 12.3. The number of alkyl halides is 2. The molecule has 0 aromatic rings. The monoisotopic (exact) mass is 310 g/mol. The van der Waals surface area contributed by atoms with Crippen LogP contribution in [0.2, 0.25) is 0 Å². The quantitative estimate of drug-likeness (QED) is 0.321. The standard InChI is InChI=1S/C13H24BrFO2/c1-2-17-13(16)10-8-6-4-3-5-7-9-12(15)11-14/h12H,2-11H2,1H3. The minimum atomic E-state index is -0.696. The zero-order chi connectivity index (χ0) is 12.9. The summed E-state index contributed by atoms with van der Waals surface area (Å²) in [6.07, 6.45) is 6.79. The summed E-state index contributed by atoms with van der Waals surface area (Å²) in [5.74, 6) is -0.0925. The Morgan fingerprint density at radius 3 is 2.35 bits per heavy atom. The molecule has 0 aromatic heterocycles. The summed E-state index contributed by atoms with van der Waals surface area (Å²) in [6, 6.07) is 0. The predicted octanol–water partition coefficient (Wildman–Crippen LogP) is 4.40. The minimum Gasteiger partial charge on any atom is -0.466 e. The largest absolute Gasteiger partial charge is 0.466 e. The number of unbranched alkanes of at least 4 members (excludes halogenated alkanes) is 5. The van der Waals surface area contributed by atoms with E-state index in [2.05, 4.69) is 15.9 Å². The van der Waals surface area contributed by atoms with E-state index in [-0.39, 0.29) is 5.97 Å². The third-order valence-electron chi connectivity index (χ3n) is 2.62. The van der Waals surface area contributed by atoms with Crippen LogP contribution in [0.5, 0.6) is 0 Å². The van der Waals surface area contributed by atoms with Crippen molar-refractivity contribution in [3.05, 3.63) is 0 Å². The van der Waals surface area contributed by atoms with Crippen molar-refractivity contribution < 1.29 is 13.9 Å². The molecular formula is C13H24BrFO2. The van der Waals surface area contributed by atoms with Gasteiger partial charge in [0.15, 0.2) is 0 Å². The summed E-state index contributed by atoms with van der Waals surface area (Å²) in [4.78, 5) is 11.0. The normalized spacial score (nSPS) is 12.4. The van der Waals surface area contributed by atoms with Crippen LogP contribution in [0.4, 0.5) is 4.39 Å². The minimum absolute atomic E-state index is 0.0925. The molecule has 0 rings (SSSR count). The van der Waals surface area contributed by atoms with Crippen LogP contribution in [-0.2, 0) is 9.53 Å². The zero-order valence-electron chi connectivity index (χ0n) is 10.7. The van der Waals surface area contributed by atoms with Crippen LogP contribution < -0.4 is 0 Å². The third-order valence-corrected chi connectivity index (χ3v) is 3.32. The Morgan fingerprint density at radius 1 is 1.18 bits per heavy atom. The first-order valence-corrected chi connectivity index (χ1v) is 7.68. The van der Waals surface area contributed by atoms with Crippen molar-refractivity contribution >= 4 is 21.9 Å². The summed E-state index contributed by atoms with van der Waals surface area (Å²) < 4.78 is 17.7. The van der Waals surface area contributed by atoms with Gasteiger partial charge >= 0.3 is 5.97 Å². The number of hydrogen-bond donors (Lipinski definition) is 0. The van der Waals surface area contributed by atoms with Gasteiger partial charge in [0.1, 0.15) is 6.17 Å². The van der Waals surface area contributed by atoms with Crippen LogP contribution in [0.3, 0.4) is 0 Å². The molecule has 1 unspecified atom stereocenters.